The normalized spacial score (nSPS) is 12.7. The van der Waals surface area contributed by atoms with Crippen molar-refractivity contribution >= 4 is 45.2 Å². The minimum atomic E-state index is -0.197. The third-order valence-corrected chi connectivity index (χ3v) is 7.28. The van der Waals surface area contributed by atoms with E-state index < -0.39 is 0 Å². The smallest absolute Gasteiger partial charge is 0.338 e. The highest BCUT2D eigenvalue weighted by Crippen LogP contribution is 2.46. The molecule has 39 heavy (non-hydrogen) atoms. The maximum Gasteiger partial charge on any atom is 0.338 e. The second kappa shape index (κ2) is 8.85. The lowest BCUT2D eigenvalue weighted by atomic mass is 10.1. The number of fused-ring (bicyclic) bond motifs is 2. The molecule has 0 amide bonds. The molecule has 7 heteroatoms. The van der Waals surface area contributed by atoms with Gasteiger partial charge in [-0.1, -0.05) is 60.7 Å². The summed E-state index contributed by atoms with van der Waals surface area (Å²) in [7, 11) is 0. The van der Waals surface area contributed by atoms with Crippen LogP contribution in [0.25, 0.3) is 22.4 Å². The molecule has 0 saturated heterocycles. The zero-order chi connectivity index (χ0) is 26.5. The van der Waals surface area contributed by atoms with Crippen LogP contribution in [-0.4, -0.2) is 15.8 Å². The summed E-state index contributed by atoms with van der Waals surface area (Å²) in [5, 5.41) is 0. The highest BCUT2D eigenvalue weighted by molar-refractivity contribution is 5.92. The summed E-state index contributed by atoms with van der Waals surface area (Å²) in [6, 6.07) is 39.6. The SMILES string of the molecule is Nc1cc(N)c(-n2c(=O)n(-c3ccccc3)c3ccccc32)cc1N1CN(c2ccccc2)c2ccccc21. The largest absolute Gasteiger partial charge is 0.397 e. The standard InChI is InChI=1S/C32H26N6O/c33-24-19-25(34)31(38-29-18-10-9-17-28(29)37(32(38)39)23-13-5-2-6-14-23)20-30(24)36-21-35(22-11-3-1-4-12-22)26-15-7-8-16-27(26)36/h1-20H,21,33-34H2. The van der Waals surface area contributed by atoms with Crippen LogP contribution in [0.5, 0.6) is 0 Å². The number of benzene rings is 5. The summed E-state index contributed by atoms with van der Waals surface area (Å²) in [5.74, 6) is 0. The molecule has 0 atom stereocenters. The molecule has 0 unspecified atom stereocenters. The van der Waals surface area contributed by atoms with Crippen molar-refractivity contribution in [1.29, 1.82) is 0 Å². The number of aromatic nitrogens is 2. The summed E-state index contributed by atoms with van der Waals surface area (Å²) >= 11 is 0. The van der Waals surface area contributed by atoms with Crippen molar-refractivity contribution in [2.75, 3.05) is 27.9 Å². The fourth-order valence-corrected chi connectivity index (χ4v) is 5.50. The third-order valence-electron chi connectivity index (χ3n) is 7.28. The molecule has 1 aliphatic heterocycles. The first-order valence-corrected chi connectivity index (χ1v) is 12.8. The van der Waals surface area contributed by atoms with Crippen molar-refractivity contribution in [3.05, 3.63) is 132 Å². The van der Waals surface area contributed by atoms with Gasteiger partial charge in [-0.3, -0.25) is 9.13 Å². The Kier molecular flexibility index (Phi) is 5.16. The highest BCUT2D eigenvalue weighted by atomic mass is 16.1. The minimum Gasteiger partial charge on any atom is -0.397 e. The van der Waals surface area contributed by atoms with Crippen LogP contribution in [-0.2, 0) is 0 Å². The summed E-state index contributed by atoms with van der Waals surface area (Å²) in [5.41, 5.74) is 20.9. The lowest BCUT2D eigenvalue weighted by Crippen LogP contribution is -2.26. The number of nitrogen functional groups attached to an aromatic ring is 2. The zero-order valence-electron chi connectivity index (χ0n) is 21.1. The van der Waals surface area contributed by atoms with Gasteiger partial charge in [-0.15, -0.1) is 0 Å². The molecule has 5 aromatic carbocycles. The van der Waals surface area contributed by atoms with Crippen LogP contribution in [0.1, 0.15) is 0 Å². The molecule has 7 rings (SSSR count). The fraction of sp³-hybridized carbons (Fsp3) is 0.0312. The van der Waals surface area contributed by atoms with E-state index in [0.29, 0.717) is 23.7 Å². The molecule has 0 radical (unpaired) electrons. The number of anilines is 6. The first-order chi connectivity index (χ1) is 19.1. The number of hydrogen-bond donors (Lipinski definition) is 2. The van der Waals surface area contributed by atoms with Gasteiger partial charge in [-0.25, -0.2) is 4.79 Å². The summed E-state index contributed by atoms with van der Waals surface area (Å²) in [6.45, 7) is 0.567. The Hall–Kier alpha value is -5.43. The van der Waals surface area contributed by atoms with E-state index in [4.69, 9.17) is 11.5 Å². The maximum atomic E-state index is 14.0. The molecule has 0 spiro atoms. The van der Waals surface area contributed by atoms with Crippen molar-refractivity contribution < 1.29 is 0 Å². The average Bonchev–Trinajstić information content (AvgIpc) is 3.49. The molecule has 1 aliphatic rings. The second-order valence-corrected chi connectivity index (χ2v) is 9.57. The van der Waals surface area contributed by atoms with Gasteiger partial charge in [-0.2, -0.15) is 0 Å². The predicted octanol–water partition coefficient (Wildman–Crippen LogP) is 6.19. The van der Waals surface area contributed by atoms with Gasteiger partial charge < -0.3 is 21.3 Å². The molecule has 2 heterocycles. The van der Waals surface area contributed by atoms with Gasteiger partial charge in [0.15, 0.2) is 0 Å². The lowest BCUT2D eigenvalue weighted by Gasteiger charge is -2.24. The lowest BCUT2D eigenvalue weighted by molar-refractivity contribution is 0.929. The van der Waals surface area contributed by atoms with E-state index in [9.17, 15) is 4.79 Å². The van der Waals surface area contributed by atoms with Crippen LogP contribution in [0, 0.1) is 0 Å². The van der Waals surface area contributed by atoms with Crippen LogP contribution >= 0.6 is 0 Å². The van der Waals surface area contributed by atoms with E-state index >= 15 is 0 Å². The first kappa shape index (κ1) is 22.7. The van der Waals surface area contributed by atoms with Gasteiger partial charge in [0.25, 0.3) is 0 Å². The molecular formula is C32H26N6O. The number of rotatable bonds is 4. The van der Waals surface area contributed by atoms with Crippen LogP contribution in [0.2, 0.25) is 0 Å². The van der Waals surface area contributed by atoms with Gasteiger partial charge in [0.2, 0.25) is 0 Å². The van der Waals surface area contributed by atoms with Crippen LogP contribution in [0.3, 0.4) is 0 Å². The Labute approximate surface area is 225 Å². The van der Waals surface area contributed by atoms with Gasteiger partial charge in [0.1, 0.15) is 6.67 Å². The maximum absolute atomic E-state index is 14.0. The number of nitrogens with zero attached hydrogens (tertiary/aromatic N) is 4. The molecule has 6 aromatic rings. The monoisotopic (exact) mass is 510 g/mol. The minimum absolute atomic E-state index is 0.197. The Morgan fingerprint density at radius 1 is 0.487 bits per heavy atom. The molecule has 0 fully saturated rings. The Bertz CT molecular complexity index is 1890. The second-order valence-electron chi connectivity index (χ2n) is 9.57. The fourth-order valence-electron chi connectivity index (χ4n) is 5.50. The van der Waals surface area contributed by atoms with Gasteiger partial charge in [0.05, 0.1) is 50.8 Å². The van der Waals surface area contributed by atoms with E-state index in [1.807, 2.05) is 91.0 Å². The van der Waals surface area contributed by atoms with Crippen molar-refractivity contribution in [2.45, 2.75) is 0 Å². The predicted molar refractivity (Wildman–Crippen MR) is 160 cm³/mol. The molecule has 190 valence electrons. The van der Waals surface area contributed by atoms with E-state index in [0.717, 1.165) is 39.5 Å². The molecule has 7 nitrogen and oxygen atoms in total. The highest BCUT2D eigenvalue weighted by Gasteiger charge is 2.30. The van der Waals surface area contributed by atoms with E-state index in [2.05, 4.69) is 34.1 Å². The first-order valence-electron chi connectivity index (χ1n) is 12.8. The van der Waals surface area contributed by atoms with Crippen LogP contribution < -0.4 is 27.0 Å². The summed E-state index contributed by atoms with van der Waals surface area (Å²) in [6.07, 6.45) is 0. The molecule has 0 saturated carbocycles. The number of hydrogen-bond acceptors (Lipinski definition) is 5. The molecule has 0 aliphatic carbocycles. The number of para-hydroxylation sites is 6. The van der Waals surface area contributed by atoms with Crippen molar-refractivity contribution in [3.8, 4) is 11.4 Å². The molecule has 1 aromatic heterocycles. The topological polar surface area (TPSA) is 85.4 Å². The third kappa shape index (κ3) is 3.55. The summed E-state index contributed by atoms with van der Waals surface area (Å²) in [4.78, 5) is 18.4. The average molecular weight is 511 g/mol. The van der Waals surface area contributed by atoms with Crippen molar-refractivity contribution in [2.24, 2.45) is 0 Å². The van der Waals surface area contributed by atoms with E-state index in [1.54, 1.807) is 15.2 Å². The van der Waals surface area contributed by atoms with Gasteiger partial charge in [0, 0.05) is 5.69 Å². The van der Waals surface area contributed by atoms with Gasteiger partial charge in [-0.05, 0) is 60.7 Å². The van der Waals surface area contributed by atoms with E-state index in [-0.39, 0.29) is 5.69 Å². The Morgan fingerprint density at radius 2 is 1.00 bits per heavy atom. The quantitative estimate of drug-likeness (QED) is 0.276. The Morgan fingerprint density at radius 3 is 1.67 bits per heavy atom. The van der Waals surface area contributed by atoms with Crippen molar-refractivity contribution in [1.82, 2.24) is 9.13 Å². The molecule has 0 bridgehead atoms. The van der Waals surface area contributed by atoms with Crippen LogP contribution in [0.15, 0.2) is 126 Å². The molecule has 4 N–H and O–H groups in total. The Balaban J connectivity index is 1.42. The summed E-state index contributed by atoms with van der Waals surface area (Å²) < 4.78 is 3.39. The molecular weight excluding hydrogens is 484 g/mol. The van der Waals surface area contributed by atoms with Crippen molar-refractivity contribution in [3.63, 3.8) is 0 Å². The number of imidazole rings is 1. The van der Waals surface area contributed by atoms with E-state index in [1.165, 1.54) is 0 Å². The van der Waals surface area contributed by atoms with Gasteiger partial charge >= 0.3 is 5.69 Å². The number of nitrogens with two attached hydrogens (primary N) is 2. The van der Waals surface area contributed by atoms with Crippen LogP contribution in [0.4, 0.5) is 34.1 Å². The zero-order valence-corrected chi connectivity index (χ0v) is 21.1.